The number of hydrogen-bond donors (Lipinski definition) is 2. The molecule has 0 spiro atoms. The predicted molar refractivity (Wildman–Crippen MR) is 131 cm³/mol. The van der Waals surface area contributed by atoms with Crippen LogP contribution < -0.4 is 10.0 Å². The standard InChI is InChI=1S/C25H34N4O4S/c1-28-11-13-29(14-12-28)19-21-5-2-4-20(16-21)17-26-25(30)22-7-9-24(10-8-22)34(31,32)27-18-23-6-3-15-33-23/h2,4-5,7-10,16,23,27H,3,6,11-15,17-19H2,1H3,(H,26,30). The Labute approximate surface area is 202 Å². The van der Waals surface area contributed by atoms with Crippen LogP contribution in [0.1, 0.15) is 34.3 Å². The molecular weight excluding hydrogens is 452 g/mol. The molecule has 0 radical (unpaired) electrons. The van der Waals surface area contributed by atoms with Gasteiger partial charge in [0.25, 0.3) is 5.91 Å². The van der Waals surface area contributed by atoms with Crippen molar-refractivity contribution >= 4 is 15.9 Å². The average molecular weight is 487 g/mol. The van der Waals surface area contributed by atoms with Crippen LogP contribution in [-0.4, -0.2) is 76.6 Å². The van der Waals surface area contributed by atoms with Gasteiger partial charge in [0.2, 0.25) is 10.0 Å². The highest BCUT2D eigenvalue weighted by Crippen LogP contribution is 2.15. The van der Waals surface area contributed by atoms with Gasteiger partial charge < -0.3 is 15.0 Å². The maximum Gasteiger partial charge on any atom is 0.251 e. The molecule has 4 rings (SSSR count). The molecule has 0 aliphatic carbocycles. The van der Waals surface area contributed by atoms with Crippen molar-refractivity contribution in [3.8, 4) is 0 Å². The van der Waals surface area contributed by atoms with E-state index in [1.54, 1.807) is 12.1 Å². The zero-order valence-corrected chi connectivity index (χ0v) is 20.5. The first-order valence-electron chi connectivity index (χ1n) is 11.9. The summed E-state index contributed by atoms with van der Waals surface area (Å²) >= 11 is 0. The monoisotopic (exact) mass is 486 g/mol. The molecule has 2 aliphatic heterocycles. The molecule has 0 aromatic heterocycles. The first kappa shape index (κ1) is 24.8. The number of rotatable bonds is 9. The van der Waals surface area contributed by atoms with E-state index in [2.05, 4.69) is 39.0 Å². The zero-order chi connectivity index (χ0) is 24.0. The van der Waals surface area contributed by atoms with Gasteiger partial charge in [-0.15, -0.1) is 0 Å². The number of benzene rings is 2. The van der Waals surface area contributed by atoms with Crippen LogP contribution in [0.5, 0.6) is 0 Å². The van der Waals surface area contributed by atoms with E-state index in [1.165, 1.54) is 17.7 Å². The first-order chi connectivity index (χ1) is 16.4. The minimum atomic E-state index is -3.63. The summed E-state index contributed by atoms with van der Waals surface area (Å²) in [5.41, 5.74) is 2.70. The van der Waals surface area contributed by atoms with Crippen LogP contribution in [0.25, 0.3) is 0 Å². The van der Waals surface area contributed by atoms with Crippen molar-refractivity contribution in [2.75, 3.05) is 46.4 Å². The quantitative estimate of drug-likeness (QED) is 0.562. The summed E-state index contributed by atoms with van der Waals surface area (Å²) in [5.74, 6) is -0.235. The third-order valence-corrected chi connectivity index (χ3v) is 7.84. The Morgan fingerprint density at radius 2 is 1.79 bits per heavy atom. The van der Waals surface area contributed by atoms with Gasteiger partial charge in [-0.05, 0) is 55.3 Å². The Kier molecular flexibility index (Phi) is 8.33. The summed E-state index contributed by atoms with van der Waals surface area (Å²) in [6.45, 7) is 6.56. The smallest absolute Gasteiger partial charge is 0.251 e. The summed E-state index contributed by atoms with van der Waals surface area (Å²) in [7, 11) is -1.48. The molecule has 34 heavy (non-hydrogen) atoms. The maximum absolute atomic E-state index is 12.6. The van der Waals surface area contributed by atoms with Gasteiger partial charge in [0.15, 0.2) is 0 Å². The normalized spacial score (nSPS) is 19.9. The maximum atomic E-state index is 12.6. The third-order valence-electron chi connectivity index (χ3n) is 6.40. The van der Waals surface area contributed by atoms with Gasteiger partial charge >= 0.3 is 0 Å². The van der Waals surface area contributed by atoms with Crippen molar-refractivity contribution in [1.82, 2.24) is 19.8 Å². The zero-order valence-electron chi connectivity index (χ0n) is 19.7. The molecule has 0 bridgehead atoms. The molecule has 2 heterocycles. The SMILES string of the molecule is CN1CCN(Cc2cccc(CNC(=O)c3ccc(S(=O)(=O)NCC4CCCO4)cc3)c2)CC1. The van der Waals surface area contributed by atoms with E-state index in [4.69, 9.17) is 4.74 Å². The van der Waals surface area contributed by atoms with Crippen LogP contribution in [0.3, 0.4) is 0 Å². The number of likely N-dealkylation sites (N-methyl/N-ethyl adjacent to an activating group) is 1. The number of hydrogen-bond acceptors (Lipinski definition) is 6. The second kappa shape index (κ2) is 11.4. The highest BCUT2D eigenvalue weighted by atomic mass is 32.2. The van der Waals surface area contributed by atoms with Gasteiger partial charge in [-0.1, -0.05) is 24.3 Å². The van der Waals surface area contributed by atoms with E-state index in [1.807, 2.05) is 12.1 Å². The van der Waals surface area contributed by atoms with Crippen LogP contribution in [0.2, 0.25) is 0 Å². The molecule has 2 saturated heterocycles. The molecule has 8 nitrogen and oxygen atoms in total. The number of amides is 1. The summed E-state index contributed by atoms with van der Waals surface area (Å²) in [6.07, 6.45) is 1.75. The van der Waals surface area contributed by atoms with Crippen molar-refractivity contribution in [2.24, 2.45) is 0 Å². The summed E-state index contributed by atoms with van der Waals surface area (Å²) in [6, 6.07) is 14.3. The molecule has 1 atom stereocenters. The summed E-state index contributed by atoms with van der Waals surface area (Å²) in [5, 5.41) is 2.93. The van der Waals surface area contributed by atoms with E-state index in [0.29, 0.717) is 18.7 Å². The van der Waals surface area contributed by atoms with E-state index >= 15 is 0 Å². The molecule has 9 heteroatoms. The van der Waals surface area contributed by atoms with Crippen LogP contribution in [0, 0.1) is 0 Å². The summed E-state index contributed by atoms with van der Waals surface area (Å²) in [4.78, 5) is 17.5. The molecule has 184 valence electrons. The van der Waals surface area contributed by atoms with Crippen LogP contribution in [-0.2, 0) is 27.8 Å². The fourth-order valence-corrected chi connectivity index (χ4v) is 5.33. The lowest BCUT2D eigenvalue weighted by molar-refractivity contribution is 0.0950. The topological polar surface area (TPSA) is 91.0 Å². The fourth-order valence-electron chi connectivity index (χ4n) is 4.26. The summed E-state index contributed by atoms with van der Waals surface area (Å²) < 4.78 is 33.1. The van der Waals surface area contributed by atoms with Gasteiger partial charge in [0, 0.05) is 58.0 Å². The van der Waals surface area contributed by atoms with Crippen LogP contribution in [0.15, 0.2) is 53.4 Å². The Morgan fingerprint density at radius 3 is 2.50 bits per heavy atom. The van der Waals surface area contributed by atoms with Gasteiger partial charge in [0.05, 0.1) is 11.0 Å². The molecule has 2 aromatic carbocycles. The minimum Gasteiger partial charge on any atom is -0.377 e. The lowest BCUT2D eigenvalue weighted by Crippen LogP contribution is -2.43. The van der Waals surface area contributed by atoms with Gasteiger partial charge in [-0.25, -0.2) is 13.1 Å². The van der Waals surface area contributed by atoms with E-state index in [0.717, 1.165) is 51.1 Å². The van der Waals surface area contributed by atoms with Crippen LogP contribution >= 0.6 is 0 Å². The lowest BCUT2D eigenvalue weighted by Gasteiger charge is -2.32. The highest BCUT2D eigenvalue weighted by Gasteiger charge is 2.20. The Morgan fingerprint density at radius 1 is 1.06 bits per heavy atom. The third kappa shape index (κ3) is 6.86. The van der Waals surface area contributed by atoms with E-state index < -0.39 is 10.0 Å². The van der Waals surface area contributed by atoms with E-state index in [9.17, 15) is 13.2 Å². The Bertz CT molecular complexity index is 1060. The highest BCUT2D eigenvalue weighted by molar-refractivity contribution is 7.89. The Hall–Kier alpha value is -2.30. The Balaban J connectivity index is 1.28. The number of piperazine rings is 1. The number of nitrogens with one attached hydrogen (secondary N) is 2. The number of ether oxygens (including phenoxy) is 1. The van der Waals surface area contributed by atoms with Gasteiger partial charge in [-0.3, -0.25) is 9.69 Å². The van der Waals surface area contributed by atoms with E-state index in [-0.39, 0.29) is 23.5 Å². The fraction of sp³-hybridized carbons (Fsp3) is 0.480. The molecule has 1 unspecified atom stereocenters. The second-order valence-corrected chi connectivity index (χ2v) is 10.9. The minimum absolute atomic E-state index is 0.0696. The average Bonchev–Trinajstić information content (AvgIpc) is 3.37. The number of sulfonamides is 1. The number of carbonyl (C=O) groups is 1. The van der Waals surface area contributed by atoms with Gasteiger partial charge in [0.1, 0.15) is 0 Å². The van der Waals surface area contributed by atoms with Crippen molar-refractivity contribution in [3.05, 3.63) is 65.2 Å². The predicted octanol–water partition coefficient (Wildman–Crippen LogP) is 1.82. The number of nitrogens with zero attached hydrogens (tertiary/aromatic N) is 2. The van der Waals surface area contributed by atoms with Gasteiger partial charge in [-0.2, -0.15) is 0 Å². The molecule has 2 aliphatic rings. The molecule has 2 aromatic rings. The van der Waals surface area contributed by atoms with Crippen molar-refractivity contribution in [3.63, 3.8) is 0 Å². The molecule has 1 amide bonds. The first-order valence-corrected chi connectivity index (χ1v) is 13.4. The molecule has 2 N–H and O–H groups in total. The molecule has 0 saturated carbocycles. The largest absolute Gasteiger partial charge is 0.377 e. The number of carbonyl (C=O) groups excluding carboxylic acids is 1. The lowest BCUT2D eigenvalue weighted by atomic mass is 10.1. The van der Waals surface area contributed by atoms with Crippen LogP contribution in [0.4, 0.5) is 0 Å². The second-order valence-electron chi connectivity index (χ2n) is 9.09. The molecular formula is C25H34N4O4S. The molecule has 2 fully saturated rings. The van der Waals surface area contributed by atoms with Crippen molar-refractivity contribution < 1.29 is 17.9 Å². The van der Waals surface area contributed by atoms with Crippen molar-refractivity contribution in [1.29, 1.82) is 0 Å². The van der Waals surface area contributed by atoms with Crippen molar-refractivity contribution in [2.45, 2.75) is 36.9 Å².